The highest BCUT2D eigenvalue weighted by Gasteiger charge is 2.34. The van der Waals surface area contributed by atoms with Gasteiger partial charge >= 0.3 is 0 Å². The van der Waals surface area contributed by atoms with Crippen LogP contribution in [0.5, 0.6) is 5.75 Å². The van der Waals surface area contributed by atoms with Gasteiger partial charge in [-0.25, -0.2) is 0 Å². The van der Waals surface area contributed by atoms with E-state index in [1.807, 2.05) is 18.2 Å². The lowest BCUT2D eigenvalue weighted by atomic mass is 9.97. The molecule has 82 valence electrons. The molecular weight excluding hydrogens is 190 g/mol. The van der Waals surface area contributed by atoms with Gasteiger partial charge in [0.25, 0.3) is 0 Å². The maximum Gasteiger partial charge on any atom is 0.124 e. The molecule has 1 saturated heterocycles. The lowest BCUT2D eigenvalue weighted by Gasteiger charge is -2.38. The number of nitrogens with one attached hydrogen (secondary N) is 1. The van der Waals surface area contributed by atoms with Crippen LogP contribution in [0.15, 0.2) is 24.3 Å². The molecule has 1 aliphatic heterocycles. The van der Waals surface area contributed by atoms with E-state index in [4.69, 9.17) is 9.47 Å². The van der Waals surface area contributed by atoms with Gasteiger partial charge in [0.05, 0.1) is 19.8 Å². The van der Waals surface area contributed by atoms with Gasteiger partial charge in [-0.15, -0.1) is 0 Å². The molecule has 0 aliphatic carbocycles. The number of hydrogen-bond acceptors (Lipinski definition) is 3. The highest BCUT2D eigenvalue weighted by atomic mass is 16.5. The Balaban J connectivity index is 2.15. The van der Waals surface area contributed by atoms with Gasteiger partial charge in [-0.2, -0.15) is 0 Å². The number of ether oxygens (including phenoxy) is 2. The second kappa shape index (κ2) is 4.64. The number of hydrogen-bond donors (Lipinski definition) is 1. The molecule has 0 aromatic heterocycles. The fourth-order valence-corrected chi connectivity index (χ4v) is 1.92. The third kappa shape index (κ3) is 1.98. The van der Waals surface area contributed by atoms with Gasteiger partial charge in [-0.3, -0.25) is 0 Å². The Bertz CT molecular complexity index is 327. The predicted octanol–water partition coefficient (Wildman–Crippen LogP) is 1.74. The summed E-state index contributed by atoms with van der Waals surface area (Å²) in [4.78, 5) is 0. The van der Waals surface area contributed by atoms with Crippen LogP contribution < -0.4 is 10.1 Å². The van der Waals surface area contributed by atoms with Gasteiger partial charge in [0, 0.05) is 5.56 Å². The fraction of sp³-hybridized carbons (Fsp3) is 0.500. The highest BCUT2D eigenvalue weighted by molar-refractivity contribution is 5.36. The van der Waals surface area contributed by atoms with Gasteiger partial charge in [0.15, 0.2) is 0 Å². The van der Waals surface area contributed by atoms with Gasteiger partial charge in [-0.05, 0) is 12.6 Å². The Morgan fingerprint density at radius 1 is 1.47 bits per heavy atom. The van der Waals surface area contributed by atoms with Crippen LogP contribution in [-0.2, 0) is 4.74 Å². The van der Waals surface area contributed by atoms with Crippen LogP contribution in [0.1, 0.15) is 18.6 Å². The number of rotatable bonds is 4. The molecule has 0 saturated carbocycles. The monoisotopic (exact) mass is 207 g/mol. The Morgan fingerprint density at radius 3 is 2.87 bits per heavy atom. The molecule has 0 spiro atoms. The first-order valence-electron chi connectivity index (χ1n) is 5.34. The molecule has 3 nitrogen and oxygen atoms in total. The Labute approximate surface area is 90.4 Å². The molecule has 1 heterocycles. The van der Waals surface area contributed by atoms with E-state index in [2.05, 4.69) is 18.3 Å². The van der Waals surface area contributed by atoms with Crippen LogP contribution in [-0.4, -0.2) is 26.3 Å². The van der Waals surface area contributed by atoms with Crippen molar-refractivity contribution in [2.45, 2.75) is 19.1 Å². The van der Waals surface area contributed by atoms with Gasteiger partial charge < -0.3 is 14.8 Å². The number of benzene rings is 1. The lowest BCUT2D eigenvalue weighted by Crippen LogP contribution is -2.48. The summed E-state index contributed by atoms with van der Waals surface area (Å²) < 4.78 is 10.9. The van der Waals surface area contributed by atoms with Crippen molar-refractivity contribution in [1.29, 1.82) is 0 Å². The molecule has 0 amide bonds. The third-order valence-corrected chi connectivity index (χ3v) is 2.73. The zero-order valence-electron chi connectivity index (χ0n) is 9.19. The fourth-order valence-electron chi connectivity index (χ4n) is 1.92. The standard InChI is InChI=1S/C12H17NO2/c1-3-13-10-8-15-12(10)9-6-4-5-7-11(9)14-2/h4-7,10,12-13H,3,8H2,1-2H3. The summed E-state index contributed by atoms with van der Waals surface area (Å²) in [5.41, 5.74) is 1.14. The summed E-state index contributed by atoms with van der Waals surface area (Å²) in [6.07, 6.45) is 0.140. The van der Waals surface area contributed by atoms with Crippen LogP contribution >= 0.6 is 0 Å². The molecule has 0 bridgehead atoms. The number of para-hydroxylation sites is 1. The van der Waals surface area contributed by atoms with Crippen LogP contribution in [0.2, 0.25) is 0 Å². The molecular formula is C12H17NO2. The van der Waals surface area contributed by atoms with E-state index < -0.39 is 0 Å². The van der Waals surface area contributed by atoms with Gasteiger partial charge in [0.2, 0.25) is 0 Å². The smallest absolute Gasteiger partial charge is 0.124 e. The first-order valence-corrected chi connectivity index (χ1v) is 5.34. The quantitative estimate of drug-likeness (QED) is 0.815. The Morgan fingerprint density at radius 2 is 2.27 bits per heavy atom. The summed E-state index contributed by atoms with van der Waals surface area (Å²) in [5, 5.41) is 3.40. The summed E-state index contributed by atoms with van der Waals surface area (Å²) in [5.74, 6) is 0.908. The molecule has 15 heavy (non-hydrogen) atoms. The normalized spacial score (nSPS) is 24.7. The zero-order valence-corrected chi connectivity index (χ0v) is 9.19. The van der Waals surface area contributed by atoms with Gasteiger partial charge in [0.1, 0.15) is 11.9 Å². The molecule has 3 heteroatoms. The van der Waals surface area contributed by atoms with E-state index in [9.17, 15) is 0 Å². The molecule has 1 fully saturated rings. The minimum absolute atomic E-state index is 0.140. The van der Waals surface area contributed by atoms with E-state index in [0.717, 1.165) is 24.5 Å². The van der Waals surface area contributed by atoms with Crippen LogP contribution in [0.4, 0.5) is 0 Å². The highest BCUT2D eigenvalue weighted by Crippen LogP contribution is 2.35. The molecule has 1 N–H and O–H groups in total. The Hall–Kier alpha value is -1.06. The van der Waals surface area contributed by atoms with Crippen molar-refractivity contribution in [3.63, 3.8) is 0 Å². The molecule has 2 atom stereocenters. The third-order valence-electron chi connectivity index (χ3n) is 2.73. The molecule has 1 aromatic carbocycles. The van der Waals surface area contributed by atoms with Gasteiger partial charge in [-0.1, -0.05) is 25.1 Å². The summed E-state index contributed by atoms with van der Waals surface area (Å²) in [6, 6.07) is 8.45. The first-order chi connectivity index (χ1) is 7.36. The van der Waals surface area contributed by atoms with E-state index in [1.54, 1.807) is 7.11 Å². The minimum atomic E-state index is 0.140. The van der Waals surface area contributed by atoms with Crippen molar-refractivity contribution >= 4 is 0 Å². The molecule has 1 aromatic rings. The summed E-state index contributed by atoms with van der Waals surface area (Å²) in [7, 11) is 1.69. The van der Waals surface area contributed by atoms with E-state index in [-0.39, 0.29) is 6.10 Å². The number of likely N-dealkylation sites (N-methyl/N-ethyl adjacent to an activating group) is 1. The molecule has 2 rings (SSSR count). The van der Waals surface area contributed by atoms with Crippen LogP contribution in [0, 0.1) is 0 Å². The van der Waals surface area contributed by atoms with Crippen molar-refractivity contribution in [3.8, 4) is 5.75 Å². The van der Waals surface area contributed by atoms with Crippen LogP contribution in [0.25, 0.3) is 0 Å². The number of methoxy groups -OCH3 is 1. The topological polar surface area (TPSA) is 30.5 Å². The van der Waals surface area contributed by atoms with E-state index in [1.165, 1.54) is 0 Å². The summed E-state index contributed by atoms with van der Waals surface area (Å²) >= 11 is 0. The van der Waals surface area contributed by atoms with Crippen molar-refractivity contribution in [2.24, 2.45) is 0 Å². The summed E-state index contributed by atoms with van der Waals surface area (Å²) in [6.45, 7) is 3.87. The molecule has 1 aliphatic rings. The van der Waals surface area contributed by atoms with Crippen molar-refractivity contribution in [2.75, 3.05) is 20.3 Å². The van der Waals surface area contributed by atoms with Crippen molar-refractivity contribution < 1.29 is 9.47 Å². The lowest BCUT2D eigenvalue weighted by molar-refractivity contribution is -0.0900. The second-order valence-corrected chi connectivity index (χ2v) is 3.66. The van der Waals surface area contributed by atoms with Crippen LogP contribution in [0.3, 0.4) is 0 Å². The zero-order chi connectivity index (χ0) is 10.7. The second-order valence-electron chi connectivity index (χ2n) is 3.66. The molecule has 2 unspecified atom stereocenters. The van der Waals surface area contributed by atoms with E-state index in [0.29, 0.717) is 6.04 Å². The average Bonchev–Trinajstić information content (AvgIpc) is 2.25. The van der Waals surface area contributed by atoms with Crippen molar-refractivity contribution in [3.05, 3.63) is 29.8 Å². The van der Waals surface area contributed by atoms with E-state index >= 15 is 0 Å². The largest absolute Gasteiger partial charge is 0.496 e. The molecule has 0 radical (unpaired) electrons. The maximum atomic E-state index is 5.58. The maximum absolute atomic E-state index is 5.58. The van der Waals surface area contributed by atoms with Crippen molar-refractivity contribution in [1.82, 2.24) is 5.32 Å². The first kappa shape index (κ1) is 10.5. The minimum Gasteiger partial charge on any atom is -0.496 e. The Kier molecular flexibility index (Phi) is 3.23. The predicted molar refractivity (Wildman–Crippen MR) is 59.2 cm³/mol. The SMILES string of the molecule is CCNC1COC1c1ccccc1OC. The average molecular weight is 207 g/mol.